The average Bonchev–Trinajstić information content (AvgIpc) is 2.66. The van der Waals surface area contributed by atoms with Crippen LogP contribution in [0.3, 0.4) is 0 Å². The van der Waals surface area contributed by atoms with Gasteiger partial charge in [0.2, 0.25) is 0 Å². The van der Waals surface area contributed by atoms with Crippen LogP contribution in [0.25, 0.3) is 0 Å². The molecule has 0 saturated carbocycles. The fourth-order valence-electron chi connectivity index (χ4n) is 3.18. The van der Waals surface area contributed by atoms with Crippen LogP contribution in [0.2, 0.25) is 0 Å². The lowest BCUT2D eigenvalue weighted by molar-refractivity contribution is -0.142. The van der Waals surface area contributed by atoms with Gasteiger partial charge in [-0.2, -0.15) is 0 Å². The molecule has 0 saturated heterocycles. The number of nitrogens with zero attached hydrogens (tertiary/aromatic N) is 1. The lowest BCUT2D eigenvalue weighted by atomic mass is 9.94. The second-order valence-corrected chi connectivity index (χ2v) is 6.35. The van der Waals surface area contributed by atoms with E-state index in [-0.39, 0.29) is 24.0 Å². The Morgan fingerprint density at radius 1 is 1.46 bits per heavy atom. The van der Waals surface area contributed by atoms with Crippen molar-refractivity contribution in [2.24, 2.45) is 0 Å². The molecule has 2 atom stereocenters. The molecule has 3 aliphatic rings. The van der Waals surface area contributed by atoms with E-state index in [9.17, 15) is 9.59 Å². The molecule has 0 aromatic carbocycles. The molecule has 0 amide bonds. The molecule has 6 nitrogen and oxygen atoms in total. The van der Waals surface area contributed by atoms with Crippen LogP contribution in [0, 0.1) is 0 Å². The van der Waals surface area contributed by atoms with Crippen molar-refractivity contribution in [1.29, 1.82) is 0 Å². The number of fused-ring (bicyclic) bond motifs is 1. The molecule has 0 aromatic heterocycles. The Morgan fingerprint density at radius 3 is 3.00 bits per heavy atom. The molecule has 0 fully saturated rings. The fourth-order valence-corrected chi connectivity index (χ4v) is 3.23. The number of allylic oxidation sites excluding steroid dienone is 3. The van der Waals surface area contributed by atoms with Gasteiger partial charge in [0.05, 0.1) is 18.8 Å². The molecule has 0 bridgehead atoms. The minimum Gasteiger partial charge on any atom is -0.493 e. The van der Waals surface area contributed by atoms with Crippen molar-refractivity contribution < 1.29 is 23.8 Å². The smallest absolute Gasteiger partial charge is 0.333 e. The third-order valence-corrected chi connectivity index (χ3v) is 4.72. The van der Waals surface area contributed by atoms with E-state index in [0.717, 1.165) is 11.3 Å². The molecule has 1 aliphatic heterocycles. The Morgan fingerprint density at radius 2 is 2.27 bits per heavy atom. The summed E-state index contributed by atoms with van der Waals surface area (Å²) in [6.07, 6.45) is 11.9. The second kappa shape index (κ2) is 7.83. The van der Waals surface area contributed by atoms with E-state index in [0.29, 0.717) is 24.4 Å². The topological polar surface area (TPSA) is 65.1 Å². The Bertz CT molecular complexity index is 762. The minimum absolute atomic E-state index is 0.114. The number of ether oxygens (including phenoxy) is 3. The molecule has 138 valence electrons. The number of methoxy groups -OCH3 is 1. The molecule has 7 heteroatoms. The molecular weight excluding hydrogens is 358 g/mol. The van der Waals surface area contributed by atoms with Gasteiger partial charge in [-0.1, -0.05) is 24.3 Å². The van der Waals surface area contributed by atoms with Gasteiger partial charge in [0, 0.05) is 31.5 Å². The number of likely N-dealkylation sites (N-methyl/N-ethyl adjacent to an activating group) is 1. The standard InChI is InChI=1S/C19H20ClNO5/c1-21(14-10-18(22)25-15-6-4-3-5-13(14)15)12-7-8-16(24-2)17(9-12)26-19(23)11-20/h3-5,7-8,10,12,15H,6,9,11H2,1-2H3. The normalized spacial score (nSPS) is 24.3. The molecule has 0 aromatic rings. The lowest BCUT2D eigenvalue weighted by Crippen LogP contribution is -2.38. The van der Waals surface area contributed by atoms with E-state index in [1.165, 1.54) is 13.2 Å². The summed E-state index contributed by atoms with van der Waals surface area (Å²) in [5, 5.41) is 0. The highest BCUT2D eigenvalue weighted by Crippen LogP contribution is 2.33. The van der Waals surface area contributed by atoms with Crippen LogP contribution in [0.5, 0.6) is 0 Å². The molecule has 2 unspecified atom stereocenters. The summed E-state index contributed by atoms with van der Waals surface area (Å²) in [5.41, 5.74) is 1.76. The predicted octanol–water partition coefficient (Wildman–Crippen LogP) is 2.58. The monoisotopic (exact) mass is 377 g/mol. The summed E-state index contributed by atoms with van der Waals surface area (Å²) in [6, 6.07) is -0.114. The third-order valence-electron chi connectivity index (χ3n) is 4.50. The van der Waals surface area contributed by atoms with E-state index in [1.54, 1.807) is 6.08 Å². The maximum atomic E-state index is 12.0. The van der Waals surface area contributed by atoms with Crippen LogP contribution in [0.4, 0.5) is 0 Å². The summed E-state index contributed by atoms with van der Waals surface area (Å²) in [6.45, 7) is 0. The second-order valence-electron chi connectivity index (χ2n) is 6.08. The van der Waals surface area contributed by atoms with E-state index >= 15 is 0 Å². The Balaban J connectivity index is 1.83. The lowest BCUT2D eigenvalue weighted by Gasteiger charge is -2.37. The van der Waals surface area contributed by atoms with Gasteiger partial charge in [0.25, 0.3) is 0 Å². The van der Waals surface area contributed by atoms with E-state index in [4.69, 9.17) is 25.8 Å². The molecule has 0 radical (unpaired) electrons. The first-order valence-electron chi connectivity index (χ1n) is 8.27. The van der Waals surface area contributed by atoms with Crippen LogP contribution >= 0.6 is 11.6 Å². The number of carbonyl (C=O) groups excluding carboxylic acids is 2. The van der Waals surface area contributed by atoms with E-state index in [2.05, 4.69) is 0 Å². The highest BCUT2D eigenvalue weighted by molar-refractivity contribution is 6.26. The summed E-state index contributed by atoms with van der Waals surface area (Å²) in [7, 11) is 3.41. The molecular formula is C19H20ClNO5. The molecule has 0 N–H and O–H groups in total. The number of alkyl halides is 1. The van der Waals surface area contributed by atoms with Gasteiger partial charge >= 0.3 is 11.9 Å². The van der Waals surface area contributed by atoms with Crippen LogP contribution in [0.15, 0.2) is 59.2 Å². The van der Waals surface area contributed by atoms with Gasteiger partial charge in [0.15, 0.2) is 11.5 Å². The van der Waals surface area contributed by atoms with Gasteiger partial charge in [0.1, 0.15) is 12.0 Å². The van der Waals surface area contributed by atoms with Crippen LogP contribution in [-0.4, -0.2) is 49.0 Å². The van der Waals surface area contributed by atoms with Gasteiger partial charge < -0.3 is 19.1 Å². The highest BCUT2D eigenvalue weighted by atomic mass is 35.5. The van der Waals surface area contributed by atoms with Crippen LogP contribution in [0.1, 0.15) is 12.8 Å². The van der Waals surface area contributed by atoms with Crippen molar-refractivity contribution in [1.82, 2.24) is 4.90 Å². The summed E-state index contributed by atoms with van der Waals surface area (Å²) in [4.78, 5) is 25.5. The van der Waals surface area contributed by atoms with Crippen molar-refractivity contribution in [3.05, 3.63) is 59.2 Å². The maximum Gasteiger partial charge on any atom is 0.333 e. The van der Waals surface area contributed by atoms with Crippen molar-refractivity contribution in [2.75, 3.05) is 20.0 Å². The Labute approximate surface area is 157 Å². The summed E-state index contributed by atoms with van der Waals surface area (Å²) >= 11 is 5.53. The Hall–Kier alpha value is -2.47. The first-order chi connectivity index (χ1) is 12.5. The van der Waals surface area contributed by atoms with Gasteiger partial charge in [-0.25, -0.2) is 4.79 Å². The van der Waals surface area contributed by atoms with E-state index in [1.807, 2.05) is 36.3 Å². The number of rotatable bonds is 5. The van der Waals surface area contributed by atoms with Crippen molar-refractivity contribution in [3.63, 3.8) is 0 Å². The largest absolute Gasteiger partial charge is 0.493 e. The van der Waals surface area contributed by atoms with Crippen molar-refractivity contribution in [2.45, 2.75) is 25.0 Å². The third kappa shape index (κ3) is 3.70. The maximum absolute atomic E-state index is 12.0. The fraction of sp³-hybridized carbons (Fsp3) is 0.368. The van der Waals surface area contributed by atoms with Crippen LogP contribution in [-0.2, 0) is 23.8 Å². The zero-order valence-electron chi connectivity index (χ0n) is 14.6. The number of hydrogen-bond acceptors (Lipinski definition) is 6. The quantitative estimate of drug-likeness (QED) is 0.542. The van der Waals surface area contributed by atoms with Crippen molar-refractivity contribution >= 4 is 23.5 Å². The number of halogens is 1. The Kier molecular flexibility index (Phi) is 5.52. The van der Waals surface area contributed by atoms with Crippen molar-refractivity contribution in [3.8, 4) is 0 Å². The zero-order valence-corrected chi connectivity index (χ0v) is 15.4. The summed E-state index contributed by atoms with van der Waals surface area (Å²) in [5.74, 6) is -0.212. The van der Waals surface area contributed by atoms with Gasteiger partial charge in [-0.05, 0) is 6.08 Å². The molecule has 3 rings (SSSR count). The molecule has 2 aliphatic carbocycles. The number of hydrogen-bond donors (Lipinski definition) is 0. The predicted molar refractivity (Wildman–Crippen MR) is 96.0 cm³/mol. The van der Waals surface area contributed by atoms with E-state index < -0.39 is 5.97 Å². The van der Waals surface area contributed by atoms with Gasteiger partial charge in [-0.3, -0.25) is 4.79 Å². The first-order valence-corrected chi connectivity index (χ1v) is 8.81. The SMILES string of the molecule is COC1=C(OC(=O)CCl)CC(N(C)C2=CC(=O)OC3CC=CC=C23)C=C1. The molecule has 1 heterocycles. The number of carbonyl (C=O) groups is 2. The first kappa shape index (κ1) is 18.3. The zero-order chi connectivity index (χ0) is 18.7. The summed E-state index contributed by atoms with van der Waals surface area (Å²) < 4.78 is 16.0. The minimum atomic E-state index is -0.534. The van der Waals surface area contributed by atoms with Gasteiger partial charge in [-0.15, -0.1) is 11.6 Å². The molecule has 0 spiro atoms. The average molecular weight is 378 g/mol. The van der Waals surface area contributed by atoms with Crippen LogP contribution < -0.4 is 0 Å². The highest BCUT2D eigenvalue weighted by Gasteiger charge is 2.32. The molecule has 26 heavy (non-hydrogen) atoms. The number of esters is 2.